The van der Waals surface area contributed by atoms with Crippen LogP contribution >= 0.6 is 27.3 Å². The van der Waals surface area contributed by atoms with Crippen molar-refractivity contribution in [2.45, 2.75) is 49.9 Å². The Hall–Kier alpha value is -3.92. The van der Waals surface area contributed by atoms with Crippen LogP contribution in [0.3, 0.4) is 0 Å². The highest BCUT2D eigenvalue weighted by atomic mass is 79.9. The van der Waals surface area contributed by atoms with Crippen LogP contribution in [0.4, 0.5) is 0 Å². The number of halogens is 1. The number of rotatable bonds is 3. The molecule has 4 aromatic carbocycles. The molecule has 4 atom stereocenters. The van der Waals surface area contributed by atoms with Gasteiger partial charge in [-0.2, -0.15) is 0 Å². The smallest absolute Gasteiger partial charge is 0.0463 e. The monoisotopic (exact) mass is 675 g/mol. The lowest BCUT2D eigenvalue weighted by Gasteiger charge is -2.41. The summed E-state index contributed by atoms with van der Waals surface area (Å²) in [7, 11) is 0. The predicted molar refractivity (Wildman–Crippen MR) is 200 cm³/mol. The molecule has 3 heteroatoms. The fourth-order valence-corrected chi connectivity index (χ4v) is 11.2. The van der Waals surface area contributed by atoms with E-state index in [1.807, 2.05) is 11.3 Å². The van der Waals surface area contributed by atoms with Gasteiger partial charge in [0.2, 0.25) is 0 Å². The minimum absolute atomic E-state index is 0.0309. The number of hydrogen-bond acceptors (Lipinski definition) is 1. The standard InChI is InChI=1S/C43H34BrNS/c1-43(24-25-10-3-2-4-11-25)35-22-26(28-15-9-16-32-29-12-7-8-17-37(29)46-42(28)32)18-20-33(35)38-30-13-5-6-14-31(30)39-34-23-27(44)19-21-36(34)45-41(39)40(38)43/h2-4,6-10,12,14-23,25,38,40,45H,5,11,13,24H2,1H3. The van der Waals surface area contributed by atoms with Crippen molar-refractivity contribution in [1.82, 2.24) is 4.98 Å². The first-order chi connectivity index (χ1) is 22.6. The quantitative estimate of drug-likeness (QED) is 0.192. The van der Waals surface area contributed by atoms with E-state index in [-0.39, 0.29) is 5.41 Å². The average Bonchev–Trinajstić information content (AvgIpc) is 3.73. The Morgan fingerprint density at radius 1 is 0.913 bits per heavy atom. The van der Waals surface area contributed by atoms with E-state index in [0.717, 1.165) is 30.2 Å². The lowest BCUT2D eigenvalue weighted by Crippen LogP contribution is -2.33. The maximum atomic E-state index is 4.04. The summed E-state index contributed by atoms with van der Waals surface area (Å²) in [5.41, 5.74) is 13.0. The summed E-state index contributed by atoms with van der Waals surface area (Å²) in [5.74, 6) is 1.28. The van der Waals surface area contributed by atoms with Gasteiger partial charge in [0.1, 0.15) is 0 Å². The Bertz CT molecular complexity index is 2380. The van der Waals surface area contributed by atoms with E-state index in [2.05, 4.69) is 143 Å². The molecule has 1 nitrogen and oxygen atoms in total. The second kappa shape index (κ2) is 10.0. The largest absolute Gasteiger partial charge is 0.358 e. The number of nitrogens with one attached hydrogen (secondary N) is 1. The molecular weight excluding hydrogens is 642 g/mol. The van der Waals surface area contributed by atoms with Crippen molar-refractivity contribution in [2.75, 3.05) is 0 Å². The molecular formula is C43H34BrNS. The van der Waals surface area contributed by atoms with Gasteiger partial charge in [-0.1, -0.05) is 119 Å². The number of aromatic nitrogens is 1. The maximum absolute atomic E-state index is 4.04. The molecule has 0 spiro atoms. The van der Waals surface area contributed by atoms with E-state index in [0.29, 0.717) is 17.8 Å². The molecule has 224 valence electrons. The molecule has 0 fully saturated rings. The summed E-state index contributed by atoms with van der Waals surface area (Å²) in [6.45, 7) is 2.60. The van der Waals surface area contributed by atoms with Crippen molar-refractivity contribution in [3.05, 3.63) is 148 Å². The van der Waals surface area contributed by atoms with Crippen LogP contribution < -0.4 is 0 Å². The Morgan fingerprint density at radius 3 is 2.74 bits per heavy atom. The molecule has 0 radical (unpaired) electrons. The summed E-state index contributed by atoms with van der Waals surface area (Å²) in [5, 5.41) is 4.07. The lowest BCUT2D eigenvalue weighted by atomic mass is 9.62. The number of H-pyrrole nitrogens is 1. The zero-order chi connectivity index (χ0) is 30.6. The zero-order valence-electron chi connectivity index (χ0n) is 25.8. The number of benzene rings is 4. The molecule has 4 aliphatic rings. The van der Waals surface area contributed by atoms with Crippen molar-refractivity contribution < 1.29 is 0 Å². The molecule has 10 rings (SSSR count). The fraction of sp³-hybridized carbons (Fsp3) is 0.209. The molecule has 0 aliphatic heterocycles. The lowest BCUT2D eigenvalue weighted by molar-refractivity contribution is 0.311. The normalized spacial score (nSPS) is 24.5. The fourth-order valence-electron chi connectivity index (χ4n) is 9.57. The molecule has 0 bridgehead atoms. The van der Waals surface area contributed by atoms with Gasteiger partial charge in [-0.15, -0.1) is 11.3 Å². The maximum Gasteiger partial charge on any atom is 0.0463 e. The summed E-state index contributed by atoms with van der Waals surface area (Å²) in [4.78, 5) is 4.04. The highest BCUT2D eigenvalue weighted by Gasteiger charge is 2.55. The van der Waals surface area contributed by atoms with Crippen molar-refractivity contribution in [3.63, 3.8) is 0 Å². The van der Waals surface area contributed by atoms with Crippen LogP contribution in [0.25, 0.3) is 47.8 Å². The van der Waals surface area contributed by atoms with E-state index in [4.69, 9.17) is 0 Å². The van der Waals surface area contributed by atoms with Crippen molar-refractivity contribution >= 4 is 63.9 Å². The van der Waals surface area contributed by atoms with Gasteiger partial charge in [0, 0.05) is 64.1 Å². The highest BCUT2D eigenvalue weighted by molar-refractivity contribution is 9.10. The van der Waals surface area contributed by atoms with E-state index in [1.165, 1.54) is 59.0 Å². The first-order valence-electron chi connectivity index (χ1n) is 16.7. The number of allylic oxidation sites excluding steroid dienone is 8. The minimum atomic E-state index is -0.0309. The first kappa shape index (κ1) is 27.2. The molecule has 46 heavy (non-hydrogen) atoms. The number of thiophene rings is 1. The van der Waals surface area contributed by atoms with Gasteiger partial charge in [-0.25, -0.2) is 0 Å². The molecule has 2 heterocycles. The molecule has 0 saturated carbocycles. The van der Waals surface area contributed by atoms with Crippen molar-refractivity contribution in [2.24, 2.45) is 5.92 Å². The second-order valence-electron chi connectivity index (χ2n) is 14.0. The van der Waals surface area contributed by atoms with Crippen molar-refractivity contribution in [3.8, 4) is 11.1 Å². The molecule has 0 amide bonds. The summed E-state index contributed by atoms with van der Waals surface area (Å²) in [6.07, 6.45) is 18.6. The Balaban J connectivity index is 1.23. The Morgan fingerprint density at radius 2 is 1.83 bits per heavy atom. The minimum Gasteiger partial charge on any atom is -0.358 e. The van der Waals surface area contributed by atoms with Crippen LogP contribution in [0, 0.1) is 5.92 Å². The van der Waals surface area contributed by atoms with Gasteiger partial charge < -0.3 is 4.98 Å². The van der Waals surface area contributed by atoms with Gasteiger partial charge in [-0.3, -0.25) is 0 Å². The SMILES string of the molecule is CC1(CC2C=CC=CC2)c2cc(-c3cccc4c3sc3ccccc34)ccc2C2C3=C(C=CCC3)c3c([nH]c4ccc(Br)cc34)C21. The number of aromatic amines is 1. The van der Waals surface area contributed by atoms with Gasteiger partial charge >= 0.3 is 0 Å². The first-order valence-corrected chi connectivity index (χ1v) is 18.3. The zero-order valence-corrected chi connectivity index (χ0v) is 28.2. The highest BCUT2D eigenvalue weighted by Crippen LogP contribution is 2.66. The van der Waals surface area contributed by atoms with Crippen LogP contribution in [0.15, 0.2) is 125 Å². The topological polar surface area (TPSA) is 15.8 Å². The molecule has 0 saturated heterocycles. The van der Waals surface area contributed by atoms with Crippen LogP contribution in [-0.4, -0.2) is 4.98 Å². The molecule has 1 N–H and O–H groups in total. The number of hydrogen-bond donors (Lipinski definition) is 1. The van der Waals surface area contributed by atoms with Gasteiger partial charge in [0.15, 0.2) is 0 Å². The van der Waals surface area contributed by atoms with Crippen LogP contribution in [0.2, 0.25) is 0 Å². The summed E-state index contributed by atoms with van der Waals surface area (Å²) < 4.78 is 3.90. The van der Waals surface area contributed by atoms with E-state index >= 15 is 0 Å². The van der Waals surface area contributed by atoms with E-state index < -0.39 is 0 Å². The Labute approximate surface area is 282 Å². The van der Waals surface area contributed by atoms with Crippen LogP contribution in [0.5, 0.6) is 0 Å². The third-order valence-electron chi connectivity index (χ3n) is 11.5. The molecule has 4 aliphatic carbocycles. The molecule has 6 aromatic rings. The van der Waals surface area contributed by atoms with Crippen LogP contribution in [-0.2, 0) is 5.41 Å². The van der Waals surface area contributed by atoms with Gasteiger partial charge in [0.05, 0.1) is 0 Å². The average molecular weight is 677 g/mol. The Kier molecular flexibility index (Phi) is 5.94. The molecule has 2 aromatic heterocycles. The molecule has 4 unspecified atom stereocenters. The third-order valence-corrected chi connectivity index (χ3v) is 13.2. The van der Waals surface area contributed by atoms with Gasteiger partial charge in [0.25, 0.3) is 0 Å². The summed E-state index contributed by atoms with van der Waals surface area (Å²) in [6, 6.07) is 30.1. The van der Waals surface area contributed by atoms with E-state index in [1.54, 1.807) is 16.7 Å². The predicted octanol–water partition coefficient (Wildman–Crippen LogP) is 12.7. The summed E-state index contributed by atoms with van der Waals surface area (Å²) >= 11 is 5.73. The number of fused-ring (bicyclic) bond motifs is 12. The van der Waals surface area contributed by atoms with Crippen molar-refractivity contribution in [1.29, 1.82) is 0 Å². The van der Waals surface area contributed by atoms with E-state index in [9.17, 15) is 0 Å². The van der Waals surface area contributed by atoms with Crippen LogP contribution in [0.1, 0.15) is 66.8 Å². The van der Waals surface area contributed by atoms with Gasteiger partial charge in [-0.05, 0) is 83.7 Å². The third kappa shape index (κ3) is 3.79. The second-order valence-corrected chi connectivity index (χ2v) is 15.9.